The number of fused-ring (bicyclic) bond motifs is 1. The summed E-state index contributed by atoms with van der Waals surface area (Å²) in [6, 6.07) is 9.79. The number of nitrogens with zero attached hydrogens (tertiary/aromatic N) is 1. The first-order valence-corrected chi connectivity index (χ1v) is 4.07. The Kier molecular flexibility index (Phi) is 3.39. The molecule has 0 radical (unpaired) electrons. The third-order valence-electron chi connectivity index (χ3n) is 1.74. The van der Waals surface area contributed by atoms with Crippen LogP contribution < -0.4 is 10.7 Å². The Balaban J connectivity index is 0.000000245. The maximum Gasteiger partial charge on any atom is 0.212 e. The molecule has 0 unspecified atom stereocenters. The van der Waals surface area contributed by atoms with E-state index in [1.54, 1.807) is 0 Å². The number of hydrogen-bond acceptors (Lipinski definition) is 4. The SMILES string of the molecule is Nc1cccc2[nH+]cccc12.O=[N+]([O-])[O-]. The summed E-state index contributed by atoms with van der Waals surface area (Å²) in [6.07, 6.45) is 1.89. The molecule has 0 bridgehead atoms. The molecule has 6 heteroatoms. The molecule has 3 N–H and O–H groups in total. The molecule has 0 aliphatic rings. The number of pyridine rings is 1. The summed E-state index contributed by atoms with van der Waals surface area (Å²) >= 11 is 0. The summed E-state index contributed by atoms with van der Waals surface area (Å²) in [6.45, 7) is 0. The van der Waals surface area contributed by atoms with Gasteiger partial charge in [-0.2, -0.15) is 0 Å². The normalized spacial score (nSPS) is 9.07. The number of H-pyrrole nitrogens is 1. The molecule has 78 valence electrons. The first kappa shape index (κ1) is 10.7. The molecule has 1 aromatic heterocycles. The molecule has 0 saturated heterocycles. The summed E-state index contributed by atoms with van der Waals surface area (Å²) in [5.74, 6) is 0. The minimum atomic E-state index is -1.75. The largest absolute Gasteiger partial charge is 0.398 e. The van der Waals surface area contributed by atoms with Crippen molar-refractivity contribution < 1.29 is 10.1 Å². The van der Waals surface area contributed by atoms with E-state index in [2.05, 4.69) is 4.98 Å². The molecular formula is C9H9N3O3. The Morgan fingerprint density at radius 2 is 1.87 bits per heavy atom. The molecule has 1 heterocycles. The van der Waals surface area contributed by atoms with E-state index in [9.17, 15) is 0 Å². The van der Waals surface area contributed by atoms with Crippen LogP contribution in [0.5, 0.6) is 0 Å². The van der Waals surface area contributed by atoms with E-state index >= 15 is 0 Å². The van der Waals surface area contributed by atoms with E-state index in [0.717, 1.165) is 16.6 Å². The predicted octanol–water partition coefficient (Wildman–Crippen LogP) is 0.997. The fourth-order valence-corrected chi connectivity index (χ4v) is 1.18. The summed E-state index contributed by atoms with van der Waals surface area (Å²) in [7, 11) is 0. The number of anilines is 1. The van der Waals surface area contributed by atoms with Gasteiger partial charge in [-0.15, -0.1) is 0 Å². The van der Waals surface area contributed by atoms with Gasteiger partial charge in [0.1, 0.15) is 0 Å². The molecule has 6 nitrogen and oxygen atoms in total. The summed E-state index contributed by atoms with van der Waals surface area (Å²) in [4.78, 5) is 11.4. The fraction of sp³-hybridized carbons (Fsp3) is 0. The second-order valence-corrected chi connectivity index (χ2v) is 2.70. The van der Waals surface area contributed by atoms with Crippen LogP contribution in [-0.2, 0) is 0 Å². The van der Waals surface area contributed by atoms with E-state index in [1.165, 1.54) is 0 Å². The van der Waals surface area contributed by atoms with Gasteiger partial charge in [-0.3, -0.25) is 0 Å². The van der Waals surface area contributed by atoms with E-state index in [1.807, 2.05) is 36.5 Å². The Bertz CT molecular complexity index is 464. The van der Waals surface area contributed by atoms with Crippen molar-refractivity contribution in [1.29, 1.82) is 0 Å². The Morgan fingerprint density at radius 1 is 1.20 bits per heavy atom. The van der Waals surface area contributed by atoms with Gasteiger partial charge in [0.05, 0.1) is 10.5 Å². The number of hydrogen-bond donors (Lipinski definition) is 1. The highest BCUT2D eigenvalue weighted by Gasteiger charge is 1.99. The van der Waals surface area contributed by atoms with Crippen LogP contribution in [0.3, 0.4) is 0 Å². The number of nitrogen functional groups attached to an aromatic ring is 1. The smallest absolute Gasteiger partial charge is 0.212 e. The van der Waals surface area contributed by atoms with Crippen LogP contribution >= 0.6 is 0 Å². The minimum Gasteiger partial charge on any atom is -0.398 e. The standard InChI is InChI=1S/C9H8N2.NO3/c10-8-4-1-5-9-7(8)3-2-6-11-9;2-1(3)4/h1-6H,10H2;/q;-1/p+1. The van der Waals surface area contributed by atoms with Gasteiger partial charge in [0, 0.05) is 17.8 Å². The van der Waals surface area contributed by atoms with Gasteiger partial charge in [0.25, 0.3) is 0 Å². The lowest BCUT2D eigenvalue weighted by Gasteiger charge is -1.93. The van der Waals surface area contributed by atoms with Crippen molar-refractivity contribution in [2.75, 3.05) is 5.73 Å². The van der Waals surface area contributed by atoms with Gasteiger partial charge in [0.15, 0.2) is 6.20 Å². The highest BCUT2D eigenvalue weighted by atomic mass is 16.9. The van der Waals surface area contributed by atoms with Crippen molar-refractivity contribution in [1.82, 2.24) is 0 Å². The number of nitrogens with two attached hydrogens (primary N) is 1. The summed E-state index contributed by atoms with van der Waals surface area (Å²) < 4.78 is 0. The Labute approximate surface area is 85.1 Å². The zero-order valence-electron chi connectivity index (χ0n) is 7.71. The minimum absolute atomic E-state index is 0.819. The van der Waals surface area contributed by atoms with Crippen LogP contribution in [0.15, 0.2) is 36.5 Å². The summed E-state index contributed by atoms with van der Waals surface area (Å²) in [5, 5.41) is 15.8. The third kappa shape index (κ3) is 3.11. The molecule has 2 rings (SSSR count). The number of rotatable bonds is 0. The number of benzene rings is 1. The quantitative estimate of drug-likeness (QED) is 0.395. The van der Waals surface area contributed by atoms with E-state index < -0.39 is 5.09 Å². The van der Waals surface area contributed by atoms with Crippen molar-refractivity contribution in [2.45, 2.75) is 0 Å². The maximum atomic E-state index is 8.25. The van der Waals surface area contributed by atoms with Crippen LogP contribution in [0.25, 0.3) is 10.9 Å². The molecule has 0 atom stereocenters. The molecule has 15 heavy (non-hydrogen) atoms. The molecule has 0 aliphatic heterocycles. The van der Waals surface area contributed by atoms with Crippen LogP contribution in [0, 0.1) is 15.3 Å². The molecule has 1 aromatic carbocycles. The number of aromatic amines is 1. The van der Waals surface area contributed by atoms with Gasteiger partial charge in [-0.05, 0) is 12.1 Å². The van der Waals surface area contributed by atoms with Crippen molar-refractivity contribution >= 4 is 16.6 Å². The van der Waals surface area contributed by atoms with Crippen molar-refractivity contribution in [3.63, 3.8) is 0 Å². The second-order valence-electron chi connectivity index (χ2n) is 2.70. The van der Waals surface area contributed by atoms with Gasteiger partial charge < -0.3 is 21.1 Å². The van der Waals surface area contributed by atoms with Crippen molar-refractivity contribution in [2.24, 2.45) is 0 Å². The molecule has 0 saturated carbocycles. The molecule has 2 aromatic rings. The number of aromatic nitrogens is 1. The predicted molar refractivity (Wildman–Crippen MR) is 55.3 cm³/mol. The van der Waals surface area contributed by atoms with Crippen molar-refractivity contribution in [3.8, 4) is 0 Å². The van der Waals surface area contributed by atoms with Crippen molar-refractivity contribution in [3.05, 3.63) is 51.9 Å². The lowest BCUT2D eigenvalue weighted by atomic mass is 10.2. The van der Waals surface area contributed by atoms with Crippen LogP contribution in [-0.4, -0.2) is 5.09 Å². The molecule has 0 amide bonds. The Morgan fingerprint density at radius 3 is 2.47 bits per heavy atom. The van der Waals surface area contributed by atoms with Gasteiger partial charge in [0.2, 0.25) is 5.52 Å². The summed E-state index contributed by atoms with van der Waals surface area (Å²) in [5.41, 5.74) is 7.63. The van der Waals surface area contributed by atoms with Crippen LogP contribution in [0.2, 0.25) is 0 Å². The monoisotopic (exact) mass is 207 g/mol. The van der Waals surface area contributed by atoms with E-state index in [4.69, 9.17) is 21.1 Å². The second kappa shape index (κ2) is 4.75. The highest BCUT2D eigenvalue weighted by Crippen LogP contribution is 2.15. The molecular weight excluding hydrogens is 198 g/mol. The maximum absolute atomic E-state index is 8.25. The molecule has 0 aliphatic carbocycles. The van der Waals surface area contributed by atoms with Gasteiger partial charge >= 0.3 is 0 Å². The van der Waals surface area contributed by atoms with Gasteiger partial charge in [-0.25, -0.2) is 4.98 Å². The van der Waals surface area contributed by atoms with Gasteiger partial charge in [-0.1, -0.05) is 6.07 Å². The van der Waals surface area contributed by atoms with Crippen LogP contribution in [0.4, 0.5) is 5.69 Å². The Hall–Kier alpha value is -2.37. The topological polar surface area (TPSA) is 106 Å². The van der Waals surface area contributed by atoms with Crippen LogP contribution in [0.1, 0.15) is 0 Å². The lowest BCUT2D eigenvalue weighted by Crippen LogP contribution is -2.01. The average Bonchev–Trinajstić information content (AvgIpc) is 2.18. The fourth-order valence-electron chi connectivity index (χ4n) is 1.18. The number of nitrogens with one attached hydrogen (secondary N) is 1. The molecule has 0 spiro atoms. The zero-order valence-corrected chi connectivity index (χ0v) is 7.71. The highest BCUT2D eigenvalue weighted by molar-refractivity contribution is 5.87. The van der Waals surface area contributed by atoms with E-state index in [-0.39, 0.29) is 0 Å². The average molecular weight is 207 g/mol. The zero-order chi connectivity index (χ0) is 11.3. The first-order valence-electron chi connectivity index (χ1n) is 4.07. The third-order valence-corrected chi connectivity index (χ3v) is 1.74. The lowest BCUT2D eigenvalue weighted by molar-refractivity contribution is -0.402. The van der Waals surface area contributed by atoms with E-state index in [0.29, 0.717) is 0 Å². The molecule has 0 fully saturated rings. The first-order chi connectivity index (χ1) is 7.11.